The Morgan fingerprint density at radius 3 is 1.44 bits per heavy atom. The van der Waals surface area contributed by atoms with Gasteiger partial charge in [0.05, 0.1) is 12.6 Å². The molecule has 0 bridgehead atoms. The largest absolute Gasteiger partial charge is 0.367 e. The van der Waals surface area contributed by atoms with Gasteiger partial charge < -0.3 is 4.74 Å². The molecule has 0 spiro atoms. The van der Waals surface area contributed by atoms with Gasteiger partial charge in [-0.3, -0.25) is 9.80 Å². The highest BCUT2D eigenvalue weighted by molar-refractivity contribution is 5.85. The van der Waals surface area contributed by atoms with Crippen LogP contribution in [0.15, 0.2) is 109 Å². The van der Waals surface area contributed by atoms with Gasteiger partial charge in [0.2, 0.25) is 0 Å². The van der Waals surface area contributed by atoms with Crippen molar-refractivity contribution >= 4 is 24.8 Å². The maximum atomic E-state index is 13.5. The van der Waals surface area contributed by atoms with Crippen molar-refractivity contribution < 1.29 is 13.5 Å². The highest BCUT2D eigenvalue weighted by atomic mass is 35.5. The molecule has 0 atom stereocenters. The van der Waals surface area contributed by atoms with Crippen LogP contribution in [-0.4, -0.2) is 49.1 Å². The smallest absolute Gasteiger partial charge is 0.123 e. The van der Waals surface area contributed by atoms with E-state index < -0.39 is 0 Å². The van der Waals surface area contributed by atoms with Gasteiger partial charge in [0.1, 0.15) is 17.7 Å². The maximum absolute atomic E-state index is 13.5. The summed E-state index contributed by atoms with van der Waals surface area (Å²) in [6.45, 7) is 5.17. The van der Waals surface area contributed by atoms with Crippen LogP contribution in [0.2, 0.25) is 0 Å². The van der Waals surface area contributed by atoms with Gasteiger partial charge in [-0.25, -0.2) is 8.78 Å². The minimum Gasteiger partial charge on any atom is -0.367 e. The highest BCUT2D eigenvalue weighted by Crippen LogP contribution is 2.30. The second-order valence-corrected chi connectivity index (χ2v) is 9.46. The van der Waals surface area contributed by atoms with E-state index in [-0.39, 0.29) is 48.6 Å². The molecule has 3 nitrogen and oxygen atoms in total. The van der Waals surface area contributed by atoms with E-state index in [4.69, 9.17) is 4.74 Å². The lowest BCUT2D eigenvalue weighted by Gasteiger charge is -2.40. The first-order chi connectivity index (χ1) is 18.2. The summed E-state index contributed by atoms with van der Waals surface area (Å²) in [6.07, 6.45) is -0.372. The SMILES string of the molecule is Cl.Cl.Fc1ccc(C(OCCN2CCN(C(c3ccccc3)c3ccccc3)CC2)c2ccc(F)cc2)cc1. The van der Waals surface area contributed by atoms with E-state index in [1.54, 1.807) is 24.3 Å². The third-order valence-corrected chi connectivity index (χ3v) is 7.04. The molecule has 7 heteroatoms. The Kier molecular flexibility index (Phi) is 11.9. The Morgan fingerprint density at radius 2 is 1.00 bits per heavy atom. The lowest BCUT2D eigenvalue weighted by atomic mass is 9.96. The third kappa shape index (κ3) is 8.10. The van der Waals surface area contributed by atoms with Gasteiger partial charge in [-0.1, -0.05) is 84.9 Å². The van der Waals surface area contributed by atoms with Crippen molar-refractivity contribution in [2.45, 2.75) is 12.1 Å². The van der Waals surface area contributed by atoms with E-state index >= 15 is 0 Å². The molecule has 39 heavy (non-hydrogen) atoms. The van der Waals surface area contributed by atoms with E-state index in [1.807, 2.05) is 0 Å². The number of rotatable bonds is 9. The minimum absolute atomic E-state index is 0. The van der Waals surface area contributed by atoms with Crippen LogP contribution < -0.4 is 0 Å². The van der Waals surface area contributed by atoms with Crippen molar-refractivity contribution in [1.82, 2.24) is 9.80 Å². The fourth-order valence-corrected chi connectivity index (χ4v) is 5.09. The van der Waals surface area contributed by atoms with Crippen molar-refractivity contribution in [2.75, 3.05) is 39.3 Å². The number of nitrogens with zero attached hydrogens (tertiary/aromatic N) is 2. The van der Waals surface area contributed by atoms with E-state index in [9.17, 15) is 8.78 Å². The van der Waals surface area contributed by atoms with Crippen LogP contribution in [0.25, 0.3) is 0 Å². The lowest BCUT2D eigenvalue weighted by molar-refractivity contribution is 0.0407. The van der Waals surface area contributed by atoms with Crippen LogP contribution in [0.3, 0.4) is 0 Å². The van der Waals surface area contributed by atoms with Gasteiger partial charge in [0.25, 0.3) is 0 Å². The second kappa shape index (κ2) is 15.1. The quantitative estimate of drug-likeness (QED) is 0.209. The molecule has 0 radical (unpaired) electrons. The van der Waals surface area contributed by atoms with Crippen LogP contribution in [0, 0.1) is 11.6 Å². The summed E-state index contributed by atoms with van der Waals surface area (Å²) in [5.41, 5.74) is 4.33. The maximum Gasteiger partial charge on any atom is 0.123 e. The summed E-state index contributed by atoms with van der Waals surface area (Å²) in [4.78, 5) is 4.98. The van der Waals surface area contributed by atoms with E-state index in [0.717, 1.165) is 43.9 Å². The Hall–Kier alpha value is -2.80. The predicted molar refractivity (Wildman–Crippen MR) is 158 cm³/mol. The Labute approximate surface area is 242 Å². The van der Waals surface area contributed by atoms with Gasteiger partial charge in [-0.15, -0.1) is 24.8 Å². The summed E-state index contributed by atoms with van der Waals surface area (Å²) in [6, 6.07) is 34.3. The number of piperazine rings is 1. The van der Waals surface area contributed by atoms with Crippen LogP contribution >= 0.6 is 24.8 Å². The first-order valence-corrected chi connectivity index (χ1v) is 12.9. The molecule has 4 aromatic rings. The van der Waals surface area contributed by atoms with Crippen molar-refractivity contribution in [2.24, 2.45) is 0 Å². The Morgan fingerprint density at radius 1 is 0.564 bits per heavy atom. The Balaban J connectivity index is 0.00000210. The lowest BCUT2D eigenvalue weighted by Crippen LogP contribution is -2.48. The number of hydrogen-bond donors (Lipinski definition) is 0. The number of halogens is 4. The van der Waals surface area contributed by atoms with Gasteiger partial charge >= 0.3 is 0 Å². The molecule has 206 valence electrons. The fourth-order valence-electron chi connectivity index (χ4n) is 5.09. The number of hydrogen-bond acceptors (Lipinski definition) is 3. The van der Waals surface area contributed by atoms with Crippen LogP contribution in [0.1, 0.15) is 34.4 Å². The van der Waals surface area contributed by atoms with E-state index in [0.29, 0.717) is 6.61 Å². The molecule has 0 unspecified atom stereocenters. The molecule has 0 aliphatic carbocycles. The molecule has 1 aliphatic rings. The molecular formula is C32H34Cl2F2N2O. The fraction of sp³-hybridized carbons (Fsp3) is 0.250. The second-order valence-electron chi connectivity index (χ2n) is 9.46. The van der Waals surface area contributed by atoms with Gasteiger partial charge in [0.15, 0.2) is 0 Å². The van der Waals surface area contributed by atoms with Crippen molar-refractivity contribution in [3.63, 3.8) is 0 Å². The molecular weight excluding hydrogens is 537 g/mol. The molecule has 1 aliphatic heterocycles. The summed E-state index contributed by atoms with van der Waals surface area (Å²) < 4.78 is 33.3. The average Bonchev–Trinajstić information content (AvgIpc) is 2.95. The summed E-state index contributed by atoms with van der Waals surface area (Å²) in [5.74, 6) is -0.576. The molecule has 0 N–H and O–H groups in total. The zero-order valence-electron chi connectivity index (χ0n) is 21.7. The van der Waals surface area contributed by atoms with E-state index in [1.165, 1.54) is 35.4 Å². The summed E-state index contributed by atoms with van der Waals surface area (Å²) in [7, 11) is 0. The third-order valence-electron chi connectivity index (χ3n) is 7.04. The Bertz CT molecular complexity index is 1150. The number of benzene rings is 4. The van der Waals surface area contributed by atoms with Gasteiger partial charge in [-0.05, 0) is 46.5 Å². The van der Waals surface area contributed by atoms with Gasteiger partial charge in [0, 0.05) is 32.7 Å². The van der Waals surface area contributed by atoms with Crippen molar-refractivity contribution in [3.8, 4) is 0 Å². The van der Waals surface area contributed by atoms with Crippen LogP contribution in [-0.2, 0) is 4.74 Å². The highest BCUT2D eigenvalue weighted by Gasteiger charge is 2.26. The molecule has 5 rings (SSSR count). The predicted octanol–water partition coefficient (Wildman–Crippen LogP) is 7.32. The summed E-state index contributed by atoms with van der Waals surface area (Å²) >= 11 is 0. The molecule has 0 saturated carbocycles. The molecule has 0 aromatic heterocycles. The molecule has 1 saturated heterocycles. The van der Waals surface area contributed by atoms with Crippen LogP contribution in [0.5, 0.6) is 0 Å². The van der Waals surface area contributed by atoms with E-state index in [2.05, 4.69) is 70.5 Å². The van der Waals surface area contributed by atoms with Gasteiger partial charge in [-0.2, -0.15) is 0 Å². The zero-order chi connectivity index (χ0) is 25.5. The molecule has 1 fully saturated rings. The molecule has 1 heterocycles. The standard InChI is InChI=1S/C32H32F2N2O.2ClH/c33-29-15-11-27(12-16-29)32(28-13-17-30(34)18-14-28)37-24-23-35-19-21-36(22-20-35)31(25-7-3-1-4-8-25)26-9-5-2-6-10-26;;/h1-18,31-32H,19-24H2;2*1H. The van der Waals surface area contributed by atoms with Crippen LogP contribution in [0.4, 0.5) is 8.78 Å². The topological polar surface area (TPSA) is 15.7 Å². The zero-order valence-corrected chi connectivity index (χ0v) is 23.3. The first kappa shape index (κ1) is 30.7. The summed E-state index contributed by atoms with van der Waals surface area (Å²) in [5, 5.41) is 0. The molecule has 4 aromatic carbocycles. The monoisotopic (exact) mass is 570 g/mol. The minimum atomic E-state index is -0.372. The van der Waals surface area contributed by atoms with Crippen molar-refractivity contribution in [1.29, 1.82) is 0 Å². The molecule has 0 amide bonds. The van der Waals surface area contributed by atoms with Crippen molar-refractivity contribution in [3.05, 3.63) is 143 Å². The average molecular weight is 572 g/mol. The first-order valence-electron chi connectivity index (χ1n) is 12.9. The number of ether oxygens (including phenoxy) is 1. The normalized spacial score (nSPS) is 14.2.